The average Bonchev–Trinajstić information content (AvgIpc) is 3.55. The van der Waals surface area contributed by atoms with Gasteiger partial charge in [-0.1, -0.05) is 6.92 Å². The number of benzene rings is 1. The van der Waals surface area contributed by atoms with Crippen LogP contribution < -0.4 is 20.1 Å². The molecule has 0 radical (unpaired) electrons. The Kier molecular flexibility index (Phi) is 10.7. The standard InChI is InChI=1S/C24H38N4O3.HI/c1-2-28-11-9-20(17-28)16-26-24(25-10-3-12-29-18-19-5-6-19)27-21-7-8-22-23(15-21)31-14-4-13-30-22;/h7-8,15,19-20H,2-6,9-14,16-18H2,1H3,(H2,25,26,27);1H. The van der Waals surface area contributed by atoms with Crippen LogP contribution >= 0.6 is 24.0 Å². The molecular formula is C24H39IN4O3. The van der Waals surface area contributed by atoms with Crippen molar-refractivity contribution in [2.75, 3.05) is 64.5 Å². The number of nitrogens with one attached hydrogen (secondary N) is 2. The number of rotatable bonds is 10. The zero-order valence-electron chi connectivity index (χ0n) is 19.3. The van der Waals surface area contributed by atoms with Crippen molar-refractivity contribution in [3.63, 3.8) is 0 Å². The Bertz CT molecular complexity index is 729. The summed E-state index contributed by atoms with van der Waals surface area (Å²) < 4.78 is 17.3. The fraction of sp³-hybridized carbons (Fsp3) is 0.708. The molecule has 32 heavy (non-hydrogen) atoms. The van der Waals surface area contributed by atoms with Gasteiger partial charge in [-0.2, -0.15) is 0 Å². The van der Waals surface area contributed by atoms with Gasteiger partial charge in [0.15, 0.2) is 17.5 Å². The van der Waals surface area contributed by atoms with Gasteiger partial charge >= 0.3 is 0 Å². The second-order valence-electron chi connectivity index (χ2n) is 8.87. The summed E-state index contributed by atoms with van der Waals surface area (Å²) in [6, 6.07) is 6.01. The maximum absolute atomic E-state index is 5.84. The third-order valence-corrected chi connectivity index (χ3v) is 6.14. The van der Waals surface area contributed by atoms with Gasteiger partial charge in [-0.3, -0.25) is 4.99 Å². The van der Waals surface area contributed by atoms with E-state index in [0.717, 1.165) is 81.3 Å². The fourth-order valence-electron chi connectivity index (χ4n) is 4.00. The number of anilines is 1. The van der Waals surface area contributed by atoms with Crippen molar-refractivity contribution >= 4 is 35.6 Å². The minimum atomic E-state index is 0. The molecule has 0 aromatic heterocycles. The second-order valence-corrected chi connectivity index (χ2v) is 8.87. The van der Waals surface area contributed by atoms with Gasteiger partial charge in [0, 0.05) is 51.0 Å². The number of hydrogen-bond donors (Lipinski definition) is 2. The van der Waals surface area contributed by atoms with Gasteiger partial charge in [0.2, 0.25) is 0 Å². The van der Waals surface area contributed by atoms with Crippen LogP contribution in [0.4, 0.5) is 5.69 Å². The zero-order chi connectivity index (χ0) is 21.3. The molecule has 1 aromatic carbocycles. The number of ether oxygens (including phenoxy) is 3. The van der Waals surface area contributed by atoms with E-state index in [-0.39, 0.29) is 24.0 Å². The van der Waals surface area contributed by atoms with Gasteiger partial charge in [0.25, 0.3) is 0 Å². The van der Waals surface area contributed by atoms with Gasteiger partial charge in [-0.05, 0) is 62.7 Å². The SMILES string of the molecule is CCN1CCC(CN=C(NCCCOCC2CC2)Nc2ccc3c(c2)OCCCO3)C1.I. The first-order valence-corrected chi connectivity index (χ1v) is 12.0. The summed E-state index contributed by atoms with van der Waals surface area (Å²) >= 11 is 0. The molecular weight excluding hydrogens is 519 g/mol. The van der Waals surface area contributed by atoms with Crippen LogP contribution in [0, 0.1) is 11.8 Å². The Balaban J connectivity index is 0.00000289. The zero-order valence-corrected chi connectivity index (χ0v) is 21.6. The summed E-state index contributed by atoms with van der Waals surface area (Å²) in [6.07, 6.45) is 5.78. The van der Waals surface area contributed by atoms with Gasteiger partial charge in [0.1, 0.15) is 0 Å². The maximum atomic E-state index is 5.84. The van der Waals surface area contributed by atoms with E-state index >= 15 is 0 Å². The van der Waals surface area contributed by atoms with Crippen LogP contribution in [-0.4, -0.2) is 70.0 Å². The predicted molar refractivity (Wildman–Crippen MR) is 140 cm³/mol. The van der Waals surface area contributed by atoms with Crippen LogP contribution in [0.25, 0.3) is 0 Å². The highest BCUT2D eigenvalue weighted by atomic mass is 127. The number of nitrogens with zero attached hydrogens (tertiary/aromatic N) is 2. The van der Waals surface area contributed by atoms with Crippen molar-refractivity contribution in [2.45, 2.75) is 39.0 Å². The Hall–Kier alpha value is -1.26. The van der Waals surface area contributed by atoms with Crippen molar-refractivity contribution < 1.29 is 14.2 Å². The number of likely N-dealkylation sites (tertiary alicyclic amines) is 1. The van der Waals surface area contributed by atoms with Crippen molar-refractivity contribution in [3.05, 3.63) is 18.2 Å². The lowest BCUT2D eigenvalue weighted by Gasteiger charge is -2.16. The van der Waals surface area contributed by atoms with E-state index in [0.29, 0.717) is 19.1 Å². The summed E-state index contributed by atoms with van der Waals surface area (Å²) in [7, 11) is 0. The number of halogens is 1. The Morgan fingerprint density at radius 1 is 1.16 bits per heavy atom. The van der Waals surface area contributed by atoms with Crippen LogP contribution in [0.15, 0.2) is 23.2 Å². The van der Waals surface area contributed by atoms with Crippen LogP contribution in [0.1, 0.15) is 39.0 Å². The van der Waals surface area contributed by atoms with E-state index < -0.39 is 0 Å². The lowest BCUT2D eigenvalue weighted by atomic mass is 10.1. The highest BCUT2D eigenvalue weighted by molar-refractivity contribution is 14.0. The predicted octanol–water partition coefficient (Wildman–Crippen LogP) is 3.98. The van der Waals surface area contributed by atoms with E-state index in [2.05, 4.69) is 22.5 Å². The normalized spacial score (nSPS) is 21.0. The molecule has 0 spiro atoms. The van der Waals surface area contributed by atoms with E-state index in [4.69, 9.17) is 19.2 Å². The number of fused-ring (bicyclic) bond motifs is 1. The molecule has 1 aromatic rings. The molecule has 7 nitrogen and oxygen atoms in total. The Labute approximate surface area is 209 Å². The monoisotopic (exact) mass is 558 g/mol. The maximum Gasteiger partial charge on any atom is 0.195 e. The topological polar surface area (TPSA) is 67.4 Å². The molecule has 1 unspecified atom stereocenters. The van der Waals surface area contributed by atoms with Crippen LogP contribution in [0.2, 0.25) is 0 Å². The van der Waals surface area contributed by atoms with Crippen molar-refractivity contribution in [2.24, 2.45) is 16.8 Å². The molecule has 1 atom stereocenters. The fourth-order valence-corrected chi connectivity index (χ4v) is 4.00. The summed E-state index contributed by atoms with van der Waals surface area (Å²) in [6.45, 7) is 10.5. The van der Waals surface area contributed by atoms with E-state index in [1.165, 1.54) is 25.8 Å². The van der Waals surface area contributed by atoms with E-state index in [9.17, 15) is 0 Å². The average molecular weight is 559 g/mol. The molecule has 1 aliphatic carbocycles. The molecule has 2 fully saturated rings. The van der Waals surface area contributed by atoms with Gasteiger partial charge in [0.05, 0.1) is 13.2 Å². The number of guanidine groups is 1. The molecule has 2 N–H and O–H groups in total. The smallest absolute Gasteiger partial charge is 0.195 e. The first-order chi connectivity index (χ1) is 15.3. The Morgan fingerprint density at radius 3 is 2.78 bits per heavy atom. The van der Waals surface area contributed by atoms with Crippen molar-refractivity contribution in [1.29, 1.82) is 0 Å². The minimum Gasteiger partial charge on any atom is -0.490 e. The molecule has 1 saturated heterocycles. The first-order valence-electron chi connectivity index (χ1n) is 12.0. The lowest BCUT2D eigenvalue weighted by Crippen LogP contribution is -2.33. The van der Waals surface area contributed by atoms with Gasteiger partial charge in [-0.15, -0.1) is 24.0 Å². The summed E-state index contributed by atoms with van der Waals surface area (Å²) in [4.78, 5) is 7.41. The molecule has 8 heteroatoms. The first kappa shape index (κ1) is 25.4. The summed E-state index contributed by atoms with van der Waals surface area (Å²) in [5.74, 6) is 3.88. The van der Waals surface area contributed by atoms with Crippen molar-refractivity contribution in [1.82, 2.24) is 10.2 Å². The molecule has 4 rings (SSSR count). The van der Waals surface area contributed by atoms with Crippen LogP contribution in [0.5, 0.6) is 11.5 Å². The number of aliphatic imine (C=N–C) groups is 1. The third-order valence-electron chi connectivity index (χ3n) is 6.14. The van der Waals surface area contributed by atoms with Crippen LogP contribution in [0.3, 0.4) is 0 Å². The molecule has 0 amide bonds. The molecule has 2 aliphatic heterocycles. The third kappa shape index (κ3) is 8.26. The van der Waals surface area contributed by atoms with Crippen molar-refractivity contribution in [3.8, 4) is 11.5 Å². The minimum absolute atomic E-state index is 0. The van der Waals surface area contributed by atoms with Gasteiger partial charge < -0.3 is 29.7 Å². The molecule has 2 heterocycles. The Morgan fingerprint density at radius 2 is 2.00 bits per heavy atom. The highest BCUT2D eigenvalue weighted by Crippen LogP contribution is 2.32. The quantitative estimate of drug-likeness (QED) is 0.196. The molecule has 0 bridgehead atoms. The van der Waals surface area contributed by atoms with Gasteiger partial charge in [-0.25, -0.2) is 0 Å². The molecule has 3 aliphatic rings. The molecule has 1 saturated carbocycles. The van der Waals surface area contributed by atoms with E-state index in [1.807, 2.05) is 18.2 Å². The highest BCUT2D eigenvalue weighted by Gasteiger charge is 2.21. The van der Waals surface area contributed by atoms with E-state index in [1.54, 1.807) is 0 Å². The second kappa shape index (κ2) is 13.4. The summed E-state index contributed by atoms with van der Waals surface area (Å²) in [5.41, 5.74) is 0.960. The number of hydrogen-bond acceptors (Lipinski definition) is 5. The van der Waals surface area contributed by atoms with Crippen LogP contribution in [-0.2, 0) is 4.74 Å². The summed E-state index contributed by atoms with van der Waals surface area (Å²) in [5, 5.41) is 6.95. The lowest BCUT2D eigenvalue weighted by molar-refractivity contribution is 0.123. The largest absolute Gasteiger partial charge is 0.490 e. The molecule has 180 valence electrons.